The maximum Gasteiger partial charge on any atom is 0.115 e. The van der Waals surface area contributed by atoms with Gasteiger partial charge in [0, 0.05) is 18.3 Å². The summed E-state index contributed by atoms with van der Waals surface area (Å²) in [6.45, 7) is 6.69. The molecule has 2 nitrogen and oxygen atoms in total. The van der Waals surface area contributed by atoms with Crippen molar-refractivity contribution in [1.29, 1.82) is 0 Å². The van der Waals surface area contributed by atoms with Crippen molar-refractivity contribution in [3.63, 3.8) is 0 Å². The Morgan fingerprint density at radius 3 is 2.24 bits per heavy atom. The van der Waals surface area contributed by atoms with E-state index in [4.69, 9.17) is 0 Å². The maximum absolute atomic E-state index is 4.23. The van der Waals surface area contributed by atoms with Crippen molar-refractivity contribution in [3.05, 3.63) is 59.7 Å². The zero-order valence-corrected chi connectivity index (χ0v) is 10.6. The lowest BCUT2D eigenvalue weighted by atomic mass is 9.86. The molecule has 17 heavy (non-hydrogen) atoms. The number of hydrogen-bond acceptors (Lipinski definition) is 2. The molecule has 0 aliphatic carbocycles. The van der Waals surface area contributed by atoms with E-state index >= 15 is 0 Å². The van der Waals surface area contributed by atoms with Crippen LogP contribution < -0.4 is 0 Å². The summed E-state index contributed by atoms with van der Waals surface area (Å²) in [5.41, 5.74) is 3.93. The Balaban J connectivity index is 2.14. The van der Waals surface area contributed by atoms with Gasteiger partial charge in [-0.1, -0.05) is 45.0 Å². The standard InChI is InChI=1S/C15H18N2/c1-15(2,3)13-6-4-12(5-7-13)10-14-8-9-16-11-17-14/h4-9,11H,10H2,1-3H3. The molecule has 0 atom stereocenters. The minimum absolute atomic E-state index is 0.216. The van der Waals surface area contributed by atoms with Gasteiger partial charge < -0.3 is 0 Å². The zero-order valence-electron chi connectivity index (χ0n) is 10.6. The van der Waals surface area contributed by atoms with Crippen LogP contribution in [0.4, 0.5) is 0 Å². The van der Waals surface area contributed by atoms with E-state index in [1.54, 1.807) is 12.5 Å². The monoisotopic (exact) mass is 226 g/mol. The zero-order chi connectivity index (χ0) is 12.3. The van der Waals surface area contributed by atoms with Crippen LogP contribution in [0.15, 0.2) is 42.9 Å². The summed E-state index contributed by atoms with van der Waals surface area (Å²) in [5.74, 6) is 0. The SMILES string of the molecule is CC(C)(C)c1ccc(Cc2ccncn2)cc1. The lowest BCUT2D eigenvalue weighted by molar-refractivity contribution is 0.590. The van der Waals surface area contributed by atoms with Crippen LogP contribution in [0, 0.1) is 0 Å². The summed E-state index contributed by atoms with van der Waals surface area (Å²) < 4.78 is 0. The molecule has 1 aromatic heterocycles. The molecule has 88 valence electrons. The number of nitrogens with zero attached hydrogens (tertiary/aromatic N) is 2. The van der Waals surface area contributed by atoms with Crippen molar-refractivity contribution in [2.45, 2.75) is 32.6 Å². The smallest absolute Gasteiger partial charge is 0.115 e. The first kappa shape index (κ1) is 11.8. The van der Waals surface area contributed by atoms with Crippen LogP contribution in [0.5, 0.6) is 0 Å². The van der Waals surface area contributed by atoms with Crippen molar-refractivity contribution in [3.8, 4) is 0 Å². The normalized spacial score (nSPS) is 11.5. The van der Waals surface area contributed by atoms with Gasteiger partial charge in [0.05, 0.1) is 0 Å². The summed E-state index contributed by atoms with van der Waals surface area (Å²) in [4.78, 5) is 8.16. The summed E-state index contributed by atoms with van der Waals surface area (Å²) in [5, 5.41) is 0. The van der Waals surface area contributed by atoms with Gasteiger partial charge in [0.25, 0.3) is 0 Å². The largest absolute Gasteiger partial charge is 0.245 e. The molecule has 1 aromatic carbocycles. The Kier molecular flexibility index (Phi) is 3.23. The molecule has 0 fully saturated rings. The highest BCUT2D eigenvalue weighted by molar-refractivity contribution is 5.29. The molecule has 0 saturated carbocycles. The van der Waals surface area contributed by atoms with Crippen LogP contribution >= 0.6 is 0 Å². The summed E-state index contributed by atoms with van der Waals surface area (Å²) >= 11 is 0. The van der Waals surface area contributed by atoms with E-state index in [0.717, 1.165) is 12.1 Å². The third kappa shape index (κ3) is 3.13. The van der Waals surface area contributed by atoms with Gasteiger partial charge in [-0.3, -0.25) is 0 Å². The Bertz CT molecular complexity index is 467. The Morgan fingerprint density at radius 1 is 1.00 bits per heavy atom. The summed E-state index contributed by atoms with van der Waals surface area (Å²) in [6, 6.07) is 10.7. The van der Waals surface area contributed by atoms with Gasteiger partial charge >= 0.3 is 0 Å². The van der Waals surface area contributed by atoms with Gasteiger partial charge in [0.1, 0.15) is 6.33 Å². The van der Waals surface area contributed by atoms with Crippen LogP contribution in [-0.2, 0) is 11.8 Å². The van der Waals surface area contributed by atoms with Crippen molar-refractivity contribution in [1.82, 2.24) is 9.97 Å². The second kappa shape index (κ2) is 4.66. The van der Waals surface area contributed by atoms with Gasteiger partial charge in [-0.2, -0.15) is 0 Å². The molecule has 0 N–H and O–H groups in total. The van der Waals surface area contributed by atoms with E-state index in [9.17, 15) is 0 Å². The van der Waals surface area contributed by atoms with Gasteiger partial charge in [0.15, 0.2) is 0 Å². The van der Waals surface area contributed by atoms with E-state index < -0.39 is 0 Å². The molecule has 2 aromatic rings. The predicted molar refractivity (Wildman–Crippen MR) is 70.0 cm³/mol. The van der Waals surface area contributed by atoms with Crippen molar-refractivity contribution < 1.29 is 0 Å². The minimum atomic E-state index is 0.216. The minimum Gasteiger partial charge on any atom is -0.245 e. The second-order valence-corrected chi connectivity index (χ2v) is 5.32. The van der Waals surface area contributed by atoms with E-state index in [1.165, 1.54) is 11.1 Å². The van der Waals surface area contributed by atoms with Gasteiger partial charge in [-0.25, -0.2) is 9.97 Å². The predicted octanol–water partition coefficient (Wildman–Crippen LogP) is 3.36. The van der Waals surface area contributed by atoms with Crippen molar-refractivity contribution in [2.75, 3.05) is 0 Å². The maximum atomic E-state index is 4.23. The van der Waals surface area contributed by atoms with Crippen LogP contribution in [0.3, 0.4) is 0 Å². The first-order chi connectivity index (χ1) is 8.05. The molecule has 2 rings (SSSR count). The Hall–Kier alpha value is -1.70. The molecule has 0 amide bonds. The van der Waals surface area contributed by atoms with E-state index in [2.05, 4.69) is 55.0 Å². The molecule has 0 aliphatic heterocycles. The average Bonchev–Trinajstić information content (AvgIpc) is 2.30. The summed E-state index contributed by atoms with van der Waals surface area (Å²) in [7, 11) is 0. The molecule has 0 saturated heterocycles. The highest BCUT2D eigenvalue weighted by Gasteiger charge is 2.12. The fraction of sp³-hybridized carbons (Fsp3) is 0.333. The molecule has 2 heteroatoms. The van der Waals surface area contributed by atoms with Crippen molar-refractivity contribution >= 4 is 0 Å². The quantitative estimate of drug-likeness (QED) is 0.784. The topological polar surface area (TPSA) is 25.8 Å². The Morgan fingerprint density at radius 2 is 1.71 bits per heavy atom. The van der Waals surface area contributed by atoms with Crippen LogP contribution in [0.2, 0.25) is 0 Å². The molecular formula is C15H18N2. The molecular weight excluding hydrogens is 208 g/mol. The van der Waals surface area contributed by atoms with Crippen molar-refractivity contribution in [2.24, 2.45) is 0 Å². The van der Waals surface area contributed by atoms with E-state index in [-0.39, 0.29) is 5.41 Å². The average molecular weight is 226 g/mol. The third-order valence-corrected chi connectivity index (χ3v) is 2.85. The molecule has 0 unspecified atom stereocenters. The molecule has 0 radical (unpaired) electrons. The highest BCUT2D eigenvalue weighted by Crippen LogP contribution is 2.22. The molecule has 0 bridgehead atoms. The van der Waals surface area contributed by atoms with E-state index in [0.29, 0.717) is 0 Å². The number of aromatic nitrogens is 2. The third-order valence-electron chi connectivity index (χ3n) is 2.85. The molecule has 0 aliphatic rings. The lowest BCUT2D eigenvalue weighted by Crippen LogP contribution is -2.10. The molecule has 0 spiro atoms. The Labute approximate surface area is 103 Å². The van der Waals surface area contributed by atoms with Crippen LogP contribution in [0.1, 0.15) is 37.6 Å². The second-order valence-electron chi connectivity index (χ2n) is 5.32. The molecule has 1 heterocycles. The first-order valence-electron chi connectivity index (χ1n) is 5.90. The lowest BCUT2D eigenvalue weighted by Gasteiger charge is -2.19. The number of benzene rings is 1. The first-order valence-corrected chi connectivity index (χ1v) is 5.90. The van der Waals surface area contributed by atoms with Gasteiger partial charge in [-0.15, -0.1) is 0 Å². The number of rotatable bonds is 2. The van der Waals surface area contributed by atoms with Crippen LogP contribution in [0.25, 0.3) is 0 Å². The fourth-order valence-electron chi connectivity index (χ4n) is 1.75. The van der Waals surface area contributed by atoms with E-state index in [1.807, 2.05) is 6.07 Å². The van der Waals surface area contributed by atoms with Gasteiger partial charge in [-0.05, 0) is 22.6 Å². The van der Waals surface area contributed by atoms with Crippen LogP contribution in [-0.4, -0.2) is 9.97 Å². The fourth-order valence-corrected chi connectivity index (χ4v) is 1.75. The summed E-state index contributed by atoms with van der Waals surface area (Å²) in [6.07, 6.45) is 4.25. The van der Waals surface area contributed by atoms with Gasteiger partial charge in [0.2, 0.25) is 0 Å². The highest BCUT2D eigenvalue weighted by atomic mass is 14.8. The number of hydrogen-bond donors (Lipinski definition) is 0.